The number of hydrogen-bond acceptors (Lipinski definition) is 3. The second-order valence-electron chi connectivity index (χ2n) is 3.08. The molecule has 0 bridgehead atoms. The first-order valence-electron chi connectivity index (χ1n) is 4.40. The fourth-order valence-corrected chi connectivity index (χ4v) is 2.77. The maximum absolute atomic E-state index is 11.9. The van der Waals surface area contributed by atoms with Gasteiger partial charge in [0.05, 0.1) is 16.0 Å². The van der Waals surface area contributed by atoms with Crippen LogP contribution in [0.25, 0.3) is 0 Å². The van der Waals surface area contributed by atoms with Crippen LogP contribution in [0.5, 0.6) is 0 Å². The number of hydrogen-bond donors (Lipinski definition) is 1. The van der Waals surface area contributed by atoms with Crippen LogP contribution in [0.1, 0.15) is 6.42 Å². The first-order chi connectivity index (χ1) is 6.38. The summed E-state index contributed by atoms with van der Waals surface area (Å²) >= 11 is 0. The van der Waals surface area contributed by atoms with E-state index in [9.17, 15) is 4.21 Å². The molecular weight excluding hydrogens is 220 g/mol. The van der Waals surface area contributed by atoms with Crippen LogP contribution >= 0.6 is 12.4 Å². The van der Waals surface area contributed by atoms with Gasteiger partial charge in [-0.3, -0.25) is 4.21 Å². The minimum atomic E-state index is -0.932. The molecule has 2 heterocycles. The van der Waals surface area contributed by atoms with Gasteiger partial charge in [-0.25, -0.2) is 4.98 Å². The molecule has 1 aromatic heterocycles. The van der Waals surface area contributed by atoms with Crippen LogP contribution in [0.15, 0.2) is 29.4 Å². The molecular formula is C9H13ClN2OS. The molecule has 2 rings (SSSR count). The molecule has 0 spiro atoms. The van der Waals surface area contributed by atoms with Crippen LogP contribution in [-0.4, -0.2) is 27.5 Å². The maximum atomic E-state index is 11.9. The third-order valence-electron chi connectivity index (χ3n) is 2.16. The highest BCUT2D eigenvalue weighted by Crippen LogP contribution is 2.13. The normalized spacial score (nSPS) is 22.7. The molecule has 0 aromatic carbocycles. The topological polar surface area (TPSA) is 42.0 Å². The molecule has 1 aromatic rings. The molecule has 5 heteroatoms. The van der Waals surface area contributed by atoms with Crippen LogP contribution in [0.2, 0.25) is 0 Å². The molecule has 1 N–H and O–H groups in total. The molecule has 0 amide bonds. The fourth-order valence-electron chi connectivity index (χ4n) is 1.45. The third-order valence-corrected chi connectivity index (χ3v) is 3.82. The lowest BCUT2D eigenvalue weighted by atomic mass is 10.4. The van der Waals surface area contributed by atoms with E-state index >= 15 is 0 Å². The molecule has 1 unspecified atom stereocenters. The van der Waals surface area contributed by atoms with Crippen LogP contribution in [0.4, 0.5) is 0 Å². The lowest BCUT2D eigenvalue weighted by Crippen LogP contribution is -2.19. The summed E-state index contributed by atoms with van der Waals surface area (Å²) in [6.45, 7) is 1.83. The van der Waals surface area contributed by atoms with E-state index in [2.05, 4.69) is 10.3 Å². The Hall–Kier alpha value is -0.450. The van der Waals surface area contributed by atoms with Gasteiger partial charge in [-0.1, -0.05) is 6.07 Å². The zero-order valence-electron chi connectivity index (χ0n) is 7.68. The Morgan fingerprint density at radius 2 is 2.36 bits per heavy atom. The minimum Gasteiger partial charge on any atom is -0.315 e. The van der Waals surface area contributed by atoms with Gasteiger partial charge >= 0.3 is 0 Å². The number of halogens is 1. The van der Waals surface area contributed by atoms with E-state index in [1.807, 2.05) is 18.2 Å². The monoisotopic (exact) mass is 232 g/mol. The average Bonchev–Trinajstić information content (AvgIpc) is 2.71. The summed E-state index contributed by atoms with van der Waals surface area (Å²) in [6, 6.07) is 5.55. The average molecular weight is 233 g/mol. The Labute approximate surface area is 92.2 Å². The SMILES string of the molecule is Cl.O=S(c1ccccn1)[C@@H]1CCNC1. The van der Waals surface area contributed by atoms with E-state index in [1.54, 1.807) is 6.20 Å². The van der Waals surface area contributed by atoms with E-state index in [0.29, 0.717) is 5.03 Å². The fraction of sp³-hybridized carbons (Fsp3) is 0.444. The van der Waals surface area contributed by atoms with Gasteiger partial charge in [-0.2, -0.15) is 0 Å². The van der Waals surface area contributed by atoms with Gasteiger partial charge in [0, 0.05) is 12.7 Å². The van der Waals surface area contributed by atoms with Gasteiger partial charge in [-0.05, 0) is 25.1 Å². The number of rotatable bonds is 2. The quantitative estimate of drug-likeness (QED) is 0.827. The highest BCUT2D eigenvalue weighted by atomic mass is 35.5. The summed E-state index contributed by atoms with van der Waals surface area (Å²) < 4.78 is 11.9. The second-order valence-corrected chi connectivity index (χ2v) is 4.76. The van der Waals surface area contributed by atoms with E-state index < -0.39 is 10.8 Å². The predicted octanol–water partition coefficient (Wildman–Crippen LogP) is 0.973. The molecule has 3 nitrogen and oxygen atoms in total. The molecule has 78 valence electrons. The van der Waals surface area contributed by atoms with Crippen molar-refractivity contribution in [3.63, 3.8) is 0 Å². The Kier molecular flexibility index (Phi) is 4.51. The molecule has 1 aliphatic heterocycles. The summed E-state index contributed by atoms with van der Waals surface area (Å²) in [7, 11) is -0.932. The van der Waals surface area contributed by atoms with Gasteiger partial charge in [0.2, 0.25) is 0 Å². The Balaban J connectivity index is 0.000000980. The first kappa shape index (κ1) is 11.6. The smallest absolute Gasteiger partial charge is 0.127 e. The van der Waals surface area contributed by atoms with Gasteiger partial charge in [0.15, 0.2) is 0 Å². The van der Waals surface area contributed by atoms with Crippen LogP contribution in [0.3, 0.4) is 0 Å². The predicted molar refractivity (Wildman–Crippen MR) is 59.2 cm³/mol. The van der Waals surface area contributed by atoms with Crippen molar-refractivity contribution in [2.45, 2.75) is 16.7 Å². The molecule has 1 fully saturated rings. The summed E-state index contributed by atoms with van der Waals surface area (Å²) in [6.07, 6.45) is 2.68. The number of pyridine rings is 1. The summed E-state index contributed by atoms with van der Waals surface area (Å²) in [5.74, 6) is 0. The van der Waals surface area contributed by atoms with Crippen molar-refractivity contribution in [2.24, 2.45) is 0 Å². The van der Waals surface area contributed by atoms with Crippen molar-refractivity contribution in [1.29, 1.82) is 0 Å². The van der Waals surface area contributed by atoms with Gasteiger partial charge in [0.25, 0.3) is 0 Å². The molecule has 0 aliphatic carbocycles. The van der Waals surface area contributed by atoms with Crippen molar-refractivity contribution < 1.29 is 4.21 Å². The van der Waals surface area contributed by atoms with Crippen molar-refractivity contribution >= 4 is 23.2 Å². The Bertz CT molecular complexity index is 301. The summed E-state index contributed by atoms with van der Waals surface area (Å²) in [4.78, 5) is 4.10. The standard InChI is InChI=1S/C9H12N2OS.ClH/c12-13(8-4-6-10-7-8)9-3-1-2-5-11-9;/h1-3,5,8,10H,4,6-7H2;1H/t8-,13?;/m1./s1. The molecule has 14 heavy (non-hydrogen) atoms. The van der Waals surface area contributed by atoms with E-state index in [4.69, 9.17) is 0 Å². The van der Waals surface area contributed by atoms with Gasteiger partial charge < -0.3 is 5.32 Å². The Morgan fingerprint density at radius 1 is 1.50 bits per heavy atom. The lowest BCUT2D eigenvalue weighted by molar-refractivity contribution is 0.669. The highest BCUT2D eigenvalue weighted by molar-refractivity contribution is 7.85. The minimum absolute atomic E-state index is 0. The van der Waals surface area contributed by atoms with Crippen LogP contribution < -0.4 is 5.32 Å². The molecule has 0 saturated carbocycles. The van der Waals surface area contributed by atoms with E-state index in [1.165, 1.54) is 0 Å². The zero-order valence-corrected chi connectivity index (χ0v) is 9.31. The number of nitrogens with zero attached hydrogens (tertiary/aromatic N) is 1. The first-order valence-corrected chi connectivity index (χ1v) is 5.61. The van der Waals surface area contributed by atoms with Crippen LogP contribution in [-0.2, 0) is 10.8 Å². The second kappa shape index (κ2) is 5.44. The lowest BCUT2D eigenvalue weighted by Gasteiger charge is -2.06. The number of aromatic nitrogens is 1. The maximum Gasteiger partial charge on any atom is 0.127 e. The van der Waals surface area contributed by atoms with E-state index in [-0.39, 0.29) is 17.7 Å². The van der Waals surface area contributed by atoms with Crippen molar-refractivity contribution in [3.05, 3.63) is 24.4 Å². The number of nitrogens with one attached hydrogen (secondary N) is 1. The van der Waals surface area contributed by atoms with Crippen molar-refractivity contribution in [3.8, 4) is 0 Å². The molecule has 0 radical (unpaired) electrons. The molecule has 2 atom stereocenters. The van der Waals surface area contributed by atoms with Crippen LogP contribution in [0, 0.1) is 0 Å². The largest absolute Gasteiger partial charge is 0.315 e. The van der Waals surface area contributed by atoms with E-state index in [0.717, 1.165) is 19.5 Å². The third kappa shape index (κ3) is 2.53. The van der Waals surface area contributed by atoms with Crippen molar-refractivity contribution in [1.82, 2.24) is 10.3 Å². The van der Waals surface area contributed by atoms with Gasteiger partial charge in [0.1, 0.15) is 5.03 Å². The zero-order chi connectivity index (χ0) is 9.10. The van der Waals surface area contributed by atoms with Gasteiger partial charge in [-0.15, -0.1) is 12.4 Å². The highest BCUT2D eigenvalue weighted by Gasteiger charge is 2.22. The molecule has 1 aliphatic rings. The molecule has 1 saturated heterocycles. The van der Waals surface area contributed by atoms with Crippen molar-refractivity contribution in [2.75, 3.05) is 13.1 Å². The summed E-state index contributed by atoms with van der Waals surface area (Å²) in [5, 5.41) is 4.15. The summed E-state index contributed by atoms with van der Waals surface area (Å²) in [5.41, 5.74) is 0. The Morgan fingerprint density at radius 3 is 2.93 bits per heavy atom.